The van der Waals surface area contributed by atoms with E-state index in [-0.39, 0.29) is 13.2 Å². The van der Waals surface area contributed by atoms with Crippen LogP contribution in [0.4, 0.5) is 9.59 Å². The van der Waals surface area contributed by atoms with Crippen LogP contribution in [-0.2, 0) is 20.9 Å². The third kappa shape index (κ3) is 5.83. The monoisotopic (exact) mass is 347 g/mol. The molecule has 0 saturated heterocycles. The SMILES string of the molecule is CC(C)(C)OC(=O)NN1C=CN(C(=O)OCc2ccccc2)CC1=O. The van der Waals surface area contributed by atoms with Crippen molar-refractivity contribution >= 4 is 18.1 Å². The highest BCUT2D eigenvalue weighted by atomic mass is 16.6. The van der Waals surface area contributed by atoms with Crippen molar-refractivity contribution in [1.82, 2.24) is 15.3 Å². The predicted octanol–water partition coefficient (Wildman–Crippen LogP) is 2.38. The Kier molecular flexibility index (Phi) is 5.63. The number of benzene rings is 1. The molecule has 0 spiro atoms. The first kappa shape index (κ1) is 18.3. The molecule has 0 bridgehead atoms. The van der Waals surface area contributed by atoms with Crippen LogP contribution >= 0.6 is 0 Å². The zero-order valence-electron chi connectivity index (χ0n) is 14.4. The Bertz CT molecular complexity index is 667. The summed E-state index contributed by atoms with van der Waals surface area (Å²) in [7, 11) is 0. The van der Waals surface area contributed by atoms with E-state index < -0.39 is 23.7 Å². The van der Waals surface area contributed by atoms with E-state index in [0.717, 1.165) is 15.5 Å². The van der Waals surface area contributed by atoms with Gasteiger partial charge < -0.3 is 9.47 Å². The van der Waals surface area contributed by atoms with Gasteiger partial charge in [-0.2, -0.15) is 0 Å². The summed E-state index contributed by atoms with van der Waals surface area (Å²) in [5.74, 6) is -0.495. The standard InChI is InChI=1S/C17H21N3O5/c1-17(2,3)25-15(22)18-20-10-9-19(11-14(20)21)16(23)24-12-13-7-5-4-6-8-13/h4-10H,11-12H2,1-3H3,(H,18,22). The Balaban J connectivity index is 1.86. The normalized spacial score (nSPS) is 14.3. The van der Waals surface area contributed by atoms with E-state index in [9.17, 15) is 14.4 Å². The van der Waals surface area contributed by atoms with Gasteiger partial charge >= 0.3 is 12.2 Å². The molecule has 1 aliphatic heterocycles. The van der Waals surface area contributed by atoms with Gasteiger partial charge in [-0.05, 0) is 26.3 Å². The summed E-state index contributed by atoms with van der Waals surface area (Å²) in [5, 5.41) is 0.967. The van der Waals surface area contributed by atoms with Gasteiger partial charge in [0, 0.05) is 12.4 Å². The van der Waals surface area contributed by atoms with Crippen LogP contribution in [0.3, 0.4) is 0 Å². The number of hydrogen-bond acceptors (Lipinski definition) is 5. The molecule has 0 aliphatic carbocycles. The van der Waals surface area contributed by atoms with Crippen molar-refractivity contribution in [3.8, 4) is 0 Å². The third-order valence-electron chi connectivity index (χ3n) is 3.02. The fraction of sp³-hybridized carbons (Fsp3) is 0.353. The molecule has 0 fully saturated rings. The second-order valence-electron chi connectivity index (χ2n) is 6.34. The minimum atomic E-state index is -0.759. The van der Waals surface area contributed by atoms with Gasteiger partial charge in [0.1, 0.15) is 18.8 Å². The lowest BCUT2D eigenvalue weighted by Gasteiger charge is -2.29. The summed E-state index contributed by atoms with van der Waals surface area (Å²) in [4.78, 5) is 36.8. The van der Waals surface area contributed by atoms with Crippen LogP contribution in [0.2, 0.25) is 0 Å². The maximum atomic E-state index is 12.0. The molecular weight excluding hydrogens is 326 g/mol. The van der Waals surface area contributed by atoms with Gasteiger partial charge in [0.2, 0.25) is 0 Å². The molecule has 25 heavy (non-hydrogen) atoms. The second-order valence-corrected chi connectivity index (χ2v) is 6.34. The molecule has 1 aromatic carbocycles. The Hall–Kier alpha value is -3.03. The fourth-order valence-electron chi connectivity index (χ4n) is 1.93. The van der Waals surface area contributed by atoms with Gasteiger partial charge in [-0.1, -0.05) is 30.3 Å². The molecule has 0 saturated carbocycles. The molecule has 8 heteroatoms. The van der Waals surface area contributed by atoms with Crippen LogP contribution in [0, 0.1) is 0 Å². The summed E-state index contributed by atoms with van der Waals surface area (Å²) in [5.41, 5.74) is 2.46. The van der Waals surface area contributed by atoms with Crippen LogP contribution in [-0.4, -0.2) is 40.1 Å². The summed E-state index contributed by atoms with van der Waals surface area (Å²) >= 11 is 0. The molecule has 2 rings (SSSR count). The second kappa shape index (κ2) is 7.69. The first-order valence-electron chi connectivity index (χ1n) is 7.72. The molecule has 0 atom stereocenters. The van der Waals surface area contributed by atoms with E-state index in [1.54, 1.807) is 20.8 Å². The van der Waals surface area contributed by atoms with Crippen molar-refractivity contribution in [1.29, 1.82) is 0 Å². The van der Waals surface area contributed by atoms with Gasteiger partial charge in [0.15, 0.2) is 0 Å². The van der Waals surface area contributed by atoms with E-state index in [0.29, 0.717) is 0 Å². The number of nitrogens with zero attached hydrogens (tertiary/aromatic N) is 2. The van der Waals surface area contributed by atoms with Gasteiger partial charge in [0.05, 0.1) is 0 Å². The first-order valence-corrected chi connectivity index (χ1v) is 7.72. The highest BCUT2D eigenvalue weighted by Gasteiger charge is 2.26. The van der Waals surface area contributed by atoms with E-state index in [4.69, 9.17) is 9.47 Å². The predicted molar refractivity (Wildman–Crippen MR) is 88.7 cm³/mol. The Morgan fingerprint density at radius 2 is 1.84 bits per heavy atom. The lowest BCUT2D eigenvalue weighted by Crippen LogP contribution is -2.51. The summed E-state index contributed by atoms with van der Waals surface area (Å²) in [6.07, 6.45) is 1.21. The lowest BCUT2D eigenvalue weighted by atomic mass is 10.2. The zero-order valence-corrected chi connectivity index (χ0v) is 14.4. The number of carbonyl (C=O) groups is 3. The fourth-order valence-corrected chi connectivity index (χ4v) is 1.93. The number of nitrogens with one attached hydrogen (secondary N) is 1. The average molecular weight is 347 g/mol. The van der Waals surface area contributed by atoms with Crippen molar-refractivity contribution in [2.75, 3.05) is 6.54 Å². The molecule has 1 N–H and O–H groups in total. The quantitative estimate of drug-likeness (QED) is 0.907. The summed E-state index contributed by atoms with van der Waals surface area (Å²) in [6, 6.07) is 9.21. The molecule has 0 radical (unpaired) electrons. The topological polar surface area (TPSA) is 88.2 Å². The third-order valence-corrected chi connectivity index (χ3v) is 3.02. The molecule has 1 heterocycles. The smallest absolute Gasteiger partial charge is 0.427 e. The molecule has 1 aliphatic rings. The Labute approximate surface area is 146 Å². The molecule has 1 aromatic rings. The number of carbonyl (C=O) groups excluding carboxylic acids is 3. The number of amides is 3. The number of hydrazine groups is 1. The van der Waals surface area contributed by atoms with E-state index in [1.165, 1.54) is 12.4 Å². The van der Waals surface area contributed by atoms with Crippen molar-refractivity contribution in [2.24, 2.45) is 0 Å². The Morgan fingerprint density at radius 1 is 1.16 bits per heavy atom. The van der Waals surface area contributed by atoms with Gasteiger partial charge in [0.25, 0.3) is 5.91 Å². The lowest BCUT2D eigenvalue weighted by molar-refractivity contribution is -0.132. The van der Waals surface area contributed by atoms with E-state index in [1.807, 2.05) is 30.3 Å². The van der Waals surface area contributed by atoms with Gasteiger partial charge in [-0.3, -0.25) is 9.69 Å². The molecule has 0 unspecified atom stereocenters. The first-order chi connectivity index (χ1) is 11.7. The van der Waals surface area contributed by atoms with Crippen LogP contribution < -0.4 is 5.43 Å². The van der Waals surface area contributed by atoms with E-state index in [2.05, 4.69) is 5.43 Å². The number of hydrogen-bond donors (Lipinski definition) is 1. The van der Waals surface area contributed by atoms with Crippen LogP contribution in [0.25, 0.3) is 0 Å². The molecule has 0 aromatic heterocycles. The van der Waals surface area contributed by atoms with Crippen LogP contribution in [0.1, 0.15) is 26.3 Å². The minimum Gasteiger partial charge on any atom is -0.444 e. The number of rotatable bonds is 3. The molecule has 8 nitrogen and oxygen atoms in total. The minimum absolute atomic E-state index is 0.109. The summed E-state index contributed by atoms with van der Waals surface area (Å²) in [6.45, 7) is 5.00. The largest absolute Gasteiger partial charge is 0.444 e. The van der Waals surface area contributed by atoms with Crippen molar-refractivity contribution in [2.45, 2.75) is 33.0 Å². The van der Waals surface area contributed by atoms with Crippen molar-refractivity contribution in [3.63, 3.8) is 0 Å². The van der Waals surface area contributed by atoms with Crippen molar-refractivity contribution < 1.29 is 23.9 Å². The Morgan fingerprint density at radius 3 is 2.44 bits per heavy atom. The van der Waals surface area contributed by atoms with Gasteiger partial charge in [-0.15, -0.1) is 0 Å². The highest BCUT2D eigenvalue weighted by Crippen LogP contribution is 2.10. The van der Waals surface area contributed by atoms with Crippen molar-refractivity contribution in [3.05, 3.63) is 48.3 Å². The van der Waals surface area contributed by atoms with E-state index >= 15 is 0 Å². The van der Waals surface area contributed by atoms with Crippen LogP contribution in [0.5, 0.6) is 0 Å². The highest BCUT2D eigenvalue weighted by molar-refractivity contribution is 5.86. The summed E-state index contributed by atoms with van der Waals surface area (Å²) < 4.78 is 10.2. The maximum absolute atomic E-state index is 12.0. The number of ether oxygens (including phenoxy) is 2. The van der Waals surface area contributed by atoms with Crippen LogP contribution in [0.15, 0.2) is 42.7 Å². The van der Waals surface area contributed by atoms with Gasteiger partial charge in [-0.25, -0.2) is 20.0 Å². The maximum Gasteiger partial charge on any atom is 0.427 e. The molecule has 3 amide bonds. The average Bonchev–Trinajstić information content (AvgIpc) is 2.53. The zero-order chi connectivity index (χ0) is 18.4. The molecule has 134 valence electrons. The molecular formula is C17H21N3O5.